The third-order valence-electron chi connectivity index (χ3n) is 5.97. The number of nitrogens with zero attached hydrogens (tertiary/aromatic N) is 1. The summed E-state index contributed by atoms with van der Waals surface area (Å²) in [6, 6.07) is 13.8. The van der Waals surface area contributed by atoms with E-state index in [0.29, 0.717) is 23.9 Å². The largest absolute Gasteiger partial charge is 0.368 e. The number of nitrogens with two attached hydrogens (primary N) is 1. The average molecular weight is 362 g/mol. The summed E-state index contributed by atoms with van der Waals surface area (Å²) < 4.78 is 0. The van der Waals surface area contributed by atoms with Gasteiger partial charge in [-0.2, -0.15) is 0 Å². The number of likely N-dealkylation sites (tertiary alicyclic amines) is 1. The molecule has 2 N–H and O–H groups in total. The van der Waals surface area contributed by atoms with Crippen LogP contribution in [0.4, 0.5) is 0 Å². The Morgan fingerprint density at radius 1 is 1.15 bits per heavy atom. The molecular formula is C23H26N2O2. The van der Waals surface area contributed by atoms with Crippen molar-refractivity contribution in [2.75, 3.05) is 6.54 Å². The van der Waals surface area contributed by atoms with Crippen LogP contribution in [0.1, 0.15) is 47.7 Å². The topological polar surface area (TPSA) is 63.4 Å². The third-order valence-corrected chi connectivity index (χ3v) is 5.97. The van der Waals surface area contributed by atoms with Crippen LogP contribution in [-0.2, 0) is 4.79 Å². The number of benzene rings is 2. The normalized spacial score (nSPS) is 23.4. The van der Waals surface area contributed by atoms with E-state index >= 15 is 0 Å². The fraction of sp³-hybridized carbons (Fsp3) is 0.391. The molecule has 140 valence electrons. The Balaban J connectivity index is 1.75. The molecule has 4 heteroatoms. The first-order valence-corrected chi connectivity index (χ1v) is 9.68. The zero-order valence-corrected chi connectivity index (χ0v) is 16.1. The van der Waals surface area contributed by atoms with E-state index in [1.165, 1.54) is 5.56 Å². The fourth-order valence-corrected chi connectivity index (χ4v) is 4.34. The molecule has 1 saturated heterocycles. The zero-order valence-electron chi connectivity index (χ0n) is 16.1. The molecule has 2 aromatic rings. The van der Waals surface area contributed by atoms with Crippen LogP contribution in [0.5, 0.6) is 0 Å². The van der Waals surface area contributed by atoms with Crippen molar-refractivity contribution in [2.24, 2.45) is 17.6 Å². The molecule has 1 heterocycles. The van der Waals surface area contributed by atoms with Crippen molar-refractivity contribution in [3.8, 4) is 11.1 Å². The van der Waals surface area contributed by atoms with Crippen molar-refractivity contribution in [1.29, 1.82) is 0 Å². The van der Waals surface area contributed by atoms with Gasteiger partial charge in [-0.25, -0.2) is 0 Å². The van der Waals surface area contributed by atoms with Crippen molar-refractivity contribution in [2.45, 2.75) is 39.2 Å². The Morgan fingerprint density at radius 2 is 1.93 bits per heavy atom. The lowest BCUT2D eigenvalue weighted by Crippen LogP contribution is -2.46. The van der Waals surface area contributed by atoms with E-state index in [4.69, 9.17) is 5.73 Å². The highest BCUT2D eigenvalue weighted by Crippen LogP contribution is 2.50. The standard InChI is InChI=1S/C23H26N2O2/c1-13(2)15-5-4-6-16(10-15)19-9-14(3)7-8-18(19)23(27)25-12-17-11-20(17)21(25)22(24)26/h4-10,13,17,20-21H,11-12H2,1-3H3,(H2,24,26)/t17-,20-,21+/m1/s1. The Bertz CT molecular complexity index is 918. The van der Waals surface area contributed by atoms with Gasteiger partial charge in [-0.3, -0.25) is 9.59 Å². The average Bonchev–Trinajstić information content (AvgIpc) is 3.30. The van der Waals surface area contributed by atoms with Gasteiger partial charge in [0.25, 0.3) is 5.91 Å². The van der Waals surface area contributed by atoms with Crippen LogP contribution in [-0.4, -0.2) is 29.3 Å². The molecule has 2 aromatic carbocycles. The van der Waals surface area contributed by atoms with Gasteiger partial charge in [-0.05, 0) is 53.9 Å². The Kier molecular flexibility index (Phi) is 4.29. The van der Waals surface area contributed by atoms with Gasteiger partial charge in [0.15, 0.2) is 0 Å². The number of piperidine rings is 1. The molecule has 3 atom stereocenters. The maximum atomic E-state index is 13.4. The molecule has 0 spiro atoms. The molecule has 1 aliphatic heterocycles. The van der Waals surface area contributed by atoms with E-state index < -0.39 is 6.04 Å². The van der Waals surface area contributed by atoms with Crippen molar-refractivity contribution < 1.29 is 9.59 Å². The van der Waals surface area contributed by atoms with Crippen LogP contribution in [0.25, 0.3) is 11.1 Å². The van der Waals surface area contributed by atoms with Gasteiger partial charge >= 0.3 is 0 Å². The summed E-state index contributed by atoms with van der Waals surface area (Å²) in [5, 5.41) is 0. The lowest BCUT2D eigenvalue weighted by Gasteiger charge is -2.26. The first-order valence-electron chi connectivity index (χ1n) is 9.68. The van der Waals surface area contributed by atoms with Crippen LogP contribution < -0.4 is 5.73 Å². The Morgan fingerprint density at radius 3 is 2.63 bits per heavy atom. The maximum Gasteiger partial charge on any atom is 0.255 e. The number of amides is 2. The summed E-state index contributed by atoms with van der Waals surface area (Å²) in [7, 11) is 0. The van der Waals surface area contributed by atoms with E-state index in [1.807, 2.05) is 31.2 Å². The number of fused-ring (bicyclic) bond motifs is 1. The second-order valence-electron chi connectivity index (χ2n) is 8.29. The van der Waals surface area contributed by atoms with E-state index in [1.54, 1.807) is 4.90 Å². The number of carbonyl (C=O) groups is 2. The molecule has 2 amide bonds. The first-order chi connectivity index (χ1) is 12.9. The first kappa shape index (κ1) is 17.8. The fourth-order valence-electron chi connectivity index (χ4n) is 4.34. The van der Waals surface area contributed by atoms with Gasteiger partial charge in [-0.15, -0.1) is 0 Å². The van der Waals surface area contributed by atoms with Crippen LogP contribution >= 0.6 is 0 Å². The SMILES string of the molecule is Cc1ccc(C(=O)N2C[C@H]3C[C@H]3[C@H]2C(N)=O)c(-c2cccc(C(C)C)c2)c1. The third kappa shape index (κ3) is 3.14. The maximum absolute atomic E-state index is 13.4. The van der Waals surface area contributed by atoms with Crippen LogP contribution in [0.3, 0.4) is 0 Å². The van der Waals surface area contributed by atoms with E-state index in [2.05, 4.69) is 32.0 Å². The summed E-state index contributed by atoms with van der Waals surface area (Å²) in [6.45, 7) is 6.99. The van der Waals surface area contributed by atoms with Gasteiger partial charge in [0.05, 0.1) is 0 Å². The van der Waals surface area contributed by atoms with Crippen LogP contribution in [0.2, 0.25) is 0 Å². The second-order valence-corrected chi connectivity index (χ2v) is 8.29. The van der Waals surface area contributed by atoms with Crippen molar-refractivity contribution in [1.82, 2.24) is 4.90 Å². The van der Waals surface area contributed by atoms with Gasteiger partial charge in [0.1, 0.15) is 6.04 Å². The van der Waals surface area contributed by atoms with Gasteiger partial charge in [-0.1, -0.05) is 55.8 Å². The molecular weight excluding hydrogens is 336 g/mol. The minimum atomic E-state index is -0.460. The molecule has 0 aromatic heterocycles. The number of hydrogen-bond donors (Lipinski definition) is 1. The molecule has 2 aliphatic rings. The monoisotopic (exact) mass is 362 g/mol. The lowest BCUT2D eigenvalue weighted by molar-refractivity contribution is -0.122. The van der Waals surface area contributed by atoms with Crippen molar-refractivity contribution in [3.63, 3.8) is 0 Å². The smallest absolute Gasteiger partial charge is 0.255 e. The molecule has 2 fully saturated rings. The molecule has 0 bridgehead atoms. The quantitative estimate of drug-likeness (QED) is 0.901. The minimum Gasteiger partial charge on any atom is -0.368 e. The van der Waals surface area contributed by atoms with Gasteiger partial charge in [0.2, 0.25) is 5.91 Å². The molecule has 0 radical (unpaired) electrons. The molecule has 0 unspecified atom stereocenters. The van der Waals surface area contributed by atoms with Crippen LogP contribution in [0.15, 0.2) is 42.5 Å². The predicted octanol–water partition coefficient (Wildman–Crippen LogP) is 3.73. The van der Waals surface area contributed by atoms with E-state index in [9.17, 15) is 9.59 Å². The Labute approximate surface area is 160 Å². The molecule has 1 aliphatic carbocycles. The highest BCUT2D eigenvalue weighted by Gasteiger charge is 2.56. The summed E-state index contributed by atoms with van der Waals surface area (Å²) in [6.07, 6.45) is 1.01. The number of aryl methyl sites for hydroxylation is 1. The zero-order chi connectivity index (χ0) is 19.3. The van der Waals surface area contributed by atoms with E-state index in [0.717, 1.165) is 23.1 Å². The number of primary amides is 1. The Hall–Kier alpha value is -2.62. The molecule has 1 saturated carbocycles. The highest BCUT2D eigenvalue weighted by atomic mass is 16.2. The van der Waals surface area contributed by atoms with Gasteiger partial charge in [0, 0.05) is 12.1 Å². The molecule has 4 rings (SSSR count). The van der Waals surface area contributed by atoms with Crippen molar-refractivity contribution >= 4 is 11.8 Å². The summed E-state index contributed by atoms with van der Waals surface area (Å²) in [4.78, 5) is 27.0. The second kappa shape index (κ2) is 6.52. The highest BCUT2D eigenvalue weighted by molar-refractivity contribution is 6.03. The number of rotatable bonds is 4. The summed E-state index contributed by atoms with van der Waals surface area (Å²) in [5.41, 5.74) is 10.6. The van der Waals surface area contributed by atoms with Gasteiger partial charge < -0.3 is 10.6 Å². The lowest BCUT2D eigenvalue weighted by atomic mass is 9.93. The summed E-state index contributed by atoms with van der Waals surface area (Å²) in [5.74, 6) is 0.632. The minimum absolute atomic E-state index is 0.0871. The number of carbonyl (C=O) groups excluding carboxylic acids is 2. The van der Waals surface area contributed by atoms with Crippen LogP contribution in [0, 0.1) is 18.8 Å². The molecule has 4 nitrogen and oxygen atoms in total. The number of hydrogen-bond acceptors (Lipinski definition) is 2. The molecule has 27 heavy (non-hydrogen) atoms. The predicted molar refractivity (Wildman–Crippen MR) is 106 cm³/mol. The van der Waals surface area contributed by atoms with E-state index in [-0.39, 0.29) is 17.7 Å². The van der Waals surface area contributed by atoms with Crippen molar-refractivity contribution in [3.05, 3.63) is 59.2 Å². The summed E-state index contributed by atoms with van der Waals surface area (Å²) >= 11 is 0.